The number of para-hydroxylation sites is 1. The van der Waals surface area contributed by atoms with Crippen LogP contribution < -0.4 is 18.8 Å². The van der Waals surface area contributed by atoms with Gasteiger partial charge in [0, 0.05) is 31.4 Å². The third-order valence-electron chi connectivity index (χ3n) is 3.87. The maximum atomic E-state index is 11.6. The monoisotopic (exact) mass is 340 g/mol. The maximum absolute atomic E-state index is 11.6. The summed E-state index contributed by atoms with van der Waals surface area (Å²) in [6.45, 7) is 2.66. The number of pyridine rings is 1. The predicted molar refractivity (Wildman–Crippen MR) is 91.8 cm³/mol. The van der Waals surface area contributed by atoms with E-state index in [9.17, 15) is 9.59 Å². The highest BCUT2D eigenvalue weighted by Crippen LogP contribution is 2.41. The third-order valence-corrected chi connectivity index (χ3v) is 3.87. The number of aryl methyl sites for hydroxylation is 1. The number of hydrogen-bond donors (Lipinski definition) is 0. The van der Waals surface area contributed by atoms with E-state index in [4.69, 9.17) is 14.2 Å². The zero-order valence-electron chi connectivity index (χ0n) is 14.5. The van der Waals surface area contributed by atoms with Crippen LogP contribution in [0.15, 0.2) is 36.4 Å². The zero-order valence-corrected chi connectivity index (χ0v) is 14.5. The van der Waals surface area contributed by atoms with Gasteiger partial charge in [-0.2, -0.15) is 4.57 Å². The Labute approximate surface area is 144 Å². The second-order valence-corrected chi connectivity index (χ2v) is 5.62. The normalized spacial score (nSPS) is 10.7. The molecule has 0 aliphatic carbocycles. The molecule has 128 valence electrons. The van der Waals surface area contributed by atoms with E-state index < -0.39 is 11.9 Å². The number of carbonyl (C=O) groups is 2. The van der Waals surface area contributed by atoms with Crippen molar-refractivity contribution in [1.29, 1.82) is 0 Å². The van der Waals surface area contributed by atoms with Gasteiger partial charge in [-0.3, -0.25) is 9.59 Å². The molecule has 0 saturated heterocycles. The van der Waals surface area contributed by atoms with Gasteiger partial charge in [-0.05, 0) is 12.1 Å². The van der Waals surface area contributed by atoms with E-state index in [2.05, 4.69) is 0 Å². The first-order valence-electron chi connectivity index (χ1n) is 7.71. The molecule has 0 radical (unpaired) electrons. The summed E-state index contributed by atoms with van der Waals surface area (Å²) in [5, 5.41) is 1.57. The number of methoxy groups -OCH3 is 1. The number of esters is 2. The van der Waals surface area contributed by atoms with Crippen LogP contribution in [0.2, 0.25) is 0 Å². The van der Waals surface area contributed by atoms with Crippen LogP contribution in [0, 0.1) is 0 Å². The summed E-state index contributed by atoms with van der Waals surface area (Å²) in [6, 6.07) is 11.2. The molecule has 6 heteroatoms. The Morgan fingerprint density at radius 2 is 1.64 bits per heavy atom. The quantitative estimate of drug-likeness (QED) is 0.317. The van der Waals surface area contributed by atoms with Crippen molar-refractivity contribution in [3.63, 3.8) is 0 Å². The Morgan fingerprint density at radius 1 is 0.960 bits per heavy atom. The lowest BCUT2D eigenvalue weighted by Crippen LogP contribution is -2.31. The Bertz CT molecular complexity index is 1010. The Morgan fingerprint density at radius 3 is 2.28 bits per heavy atom. The molecule has 0 aliphatic heterocycles. The van der Waals surface area contributed by atoms with Gasteiger partial charge in [0.05, 0.1) is 12.5 Å². The van der Waals surface area contributed by atoms with Gasteiger partial charge in [-0.1, -0.05) is 12.1 Å². The smallest absolute Gasteiger partial charge is 0.308 e. The minimum Gasteiger partial charge on any atom is -0.493 e. The van der Waals surface area contributed by atoms with Crippen molar-refractivity contribution < 1.29 is 28.4 Å². The standard InChI is InChI=1S/C19H18NO5/c1-11(21)24-16-10-17(23-4)19(25-12(2)22)14-9-13-7-5-6-8-15(13)20(3)18(14)16/h5-10H,1-4H3/q+1. The minimum absolute atomic E-state index is 0.294. The maximum Gasteiger partial charge on any atom is 0.308 e. The molecule has 0 amide bonds. The molecule has 0 N–H and O–H groups in total. The fraction of sp³-hybridized carbons (Fsp3) is 0.211. The predicted octanol–water partition coefficient (Wildman–Crippen LogP) is 2.68. The van der Waals surface area contributed by atoms with Gasteiger partial charge in [0.25, 0.3) is 5.52 Å². The number of rotatable bonds is 3. The number of hydrogen-bond acceptors (Lipinski definition) is 5. The van der Waals surface area contributed by atoms with E-state index in [1.54, 1.807) is 6.07 Å². The Kier molecular flexibility index (Phi) is 4.27. The van der Waals surface area contributed by atoms with E-state index in [1.165, 1.54) is 21.0 Å². The highest BCUT2D eigenvalue weighted by molar-refractivity contribution is 5.98. The van der Waals surface area contributed by atoms with E-state index in [1.807, 2.05) is 41.9 Å². The average molecular weight is 340 g/mol. The molecule has 0 fully saturated rings. The average Bonchev–Trinajstić information content (AvgIpc) is 2.56. The zero-order chi connectivity index (χ0) is 18.1. The van der Waals surface area contributed by atoms with Crippen LogP contribution in [0.25, 0.3) is 21.8 Å². The summed E-state index contributed by atoms with van der Waals surface area (Å²) in [6.07, 6.45) is 0. The van der Waals surface area contributed by atoms with E-state index in [0.717, 1.165) is 10.9 Å². The number of carbonyl (C=O) groups excluding carboxylic acids is 2. The van der Waals surface area contributed by atoms with Gasteiger partial charge in [0.15, 0.2) is 11.5 Å². The molecule has 3 aromatic rings. The lowest BCUT2D eigenvalue weighted by Gasteiger charge is -2.14. The van der Waals surface area contributed by atoms with Crippen molar-refractivity contribution in [2.24, 2.45) is 7.05 Å². The Balaban J connectivity index is 2.49. The molecule has 6 nitrogen and oxygen atoms in total. The van der Waals surface area contributed by atoms with Gasteiger partial charge in [-0.15, -0.1) is 0 Å². The number of nitrogens with zero attached hydrogens (tertiary/aromatic N) is 1. The first kappa shape index (κ1) is 16.7. The second kappa shape index (κ2) is 6.39. The number of benzene rings is 2. The summed E-state index contributed by atoms with van der Waals surface area (Å²) >= 11 is 0. The van der Waals surface area contributed by atoms with Crippen LogP contribution in [0.1, 0.15) is 13.8 Å². The lowest BCUT2D eigenvalue weighted by atomic mass is 10.1. The van der Waals surface area contributed by atoms with Crippen molar-refractivity contribution in [2.45, 2.75) is 13.8 Å². The molecular weight excluding hydrogens is 322 g/mol. The highest BCUT2D eigenvalue weighted by Gasteiger charge is 2.25. The second-order valence-electron chi connectivity index (χ2n) is 5.62. The summed E-state index contributed by atoms with van der Waals surface area (Å²) in [5.74, 6) is 0.0346. The lowest BCUT2D eigenvalue weighted by molar-refractivity contribution is -0.617. The van der Waals surface area contributed by atoms with Gasteiger partial charge < -0.3 is 14.2 Å². The molecule has 25 heavy (non-hydrogen) atoms. The van der Waals surface area contributed by atoms with Crippen LogP contribution in [-0.4, -0.2) is 19.0 Å². The van der Waals surface area contributed by atoms with Crippen molar-refractivity contribution in [2.75, 3.05) is 7.11 Å². The first-order valence-corrected chi connectivity index (χ1v) is 7.71. The molecule has 2 aromatic carbocycles. The van der Waals surface area contributed by atoms with Gasteiger partial charge >= 0.3 is 11.9 Å². The molecule has 0 saturated carbocycles. The van der Waals surface area contributed by atoms with E-state index in [-0.39, 0.29) is 0 Å². The fourth-order valence-electron chi connectivity index (χ4n) is 2.93. The fourth-order valence-corrected chi connectivity index (χ4v) is 2.93. The molecule has 0 aliphatic rings. The number of fused-ring (bicyclic) bond motifs is 2. The summed E-state index contributed by atoms with van der Waals surface area (Å²) in [7, 11) is 3.33. The third kappa shape index (κ3) is 2.98. The van der Waals surface area contributed by atoms with Gasteiger partial charge in [0.1, 0.15) is 7.05 Å². The summed E-state index contributed by atoms with van der Waals surface area (Å²) in [4.78, 5) is 23.1. The summed E-state index contributed by atoms with van der Waals surface area (Å²) < 4.78 is 18.0. The minimum atomic E-state index is -0.462. The SMILES string of the molecule is COc1cc(OC(C)=O)c2c(cc3ccccc3[n+]2C)c1OC(C)=O. The van der Waals surface area contributed by atoms with Crippen molar-refractivity contribution in [3.8, 4) is 17.2 Å². The van der Waals surface area contributed by atoms with Crippen LogP contribution in [-0.2, 0) is 16.6 Å². The topological polar surface area (TPSA) is 65.7 Å². The van der Waals surface area contributed by atoms with Crippen LogP contribution in [0.5, 0.6) is 17.2 Å². The molecule has 0 unspecified atom stereocenters. The molecule has 1 heterocycles. The number of ether oxygens (including phenoxy) is 3. The van der Waals surface area contributed by atoms with E-state index in [0.29, 0.717) is 28.2 Å². The van der Waals surface area contributed by atoms with E-state index >= 15 is 0 Å². The molecule has 1 aromatic heterocycles. The van der Waals surface area contributed by atoms with Crippen molar-refractivity contribution >= 4 is 33.7 Å². The van der Waals surface area contributed by atoms with Crippen LogP contribution >= 0.6 is 0 Å². The summed E-state index contributed by atoms with van der Waals surface area (Å²) in [5.41, 5.74) is 1.58. The van der Waals surface area contributed by atoms with Crippen molar-refractivity contribution in [3.05, 3.63) is 36.4 Å². The Hall–Kier alpha value is -3.15. The van der Waals surface area contributed by atoms with Crippen LogP contribution in [0.4, 0.5) is 0 Å². The molecule has 0 bridgehead atoms. The molecular formula is C19H18NO5+. The van der Waals surface area contributed by atoms with Crippen LogP contribution in [0.3, 0.4) is 0 Å². The largest absolute Gasteiger partial charge is 0.493 e. The number of aromatic nitrogens is 1. The molecule has 0 atom stereocenters. The van der Waals surface area contributed by atoms with Gasteiger partial charge in [-0.25, -0.2) is 0 Å². The van der Waals surface area contributed by atoms with Gasteiger partial charge in [0.2, 0.25) is 11.3 Å². The first-order chi connectivity index (χ1) is 11.9. The highest BCUT2D eigenvalue weighted by atomic mass is 16.6. The molecule has 3 rings (SSSR count). The molecule has 0 spiro atoms. The van der Waals surface area contributed by atoms with Crippen molar-refractivity contribution in [1.82, 2.24) is 0 Å².